The first-order valence-corrected chi connectivity index (χ1v) is 7.96. The van der Waals surface area contributed by atoms with E-state index in [9.17, 15) is 0 Å². The quantitative estimate of drug-likeness (QED) is 0.473. The Morgan fingerprint density at radius 2 is 1.35 bits per heavy atom. The monoisotopic (exact) mass is 274 g/mol. The average molecular weight is 274 g/mol. The molecule has 1 aromatic rings. The standard InChI is InChI=1S/C7H10.C7H8.2C3H8/c2*1-7-5-3-2-4-6-7;2*1-3-2/h2-3,5H,4,6H2,1H3;2-6H,1H3;2*3H2,1-2H3. The molecule has 114 valence electrons. The van der Waals surface area contributed by atoms with E-state index in [2.05, 4.69) is 71.9 Å². The third-order valence-corrected chi connectivity index (χ3v) is 2.16. The van der Waals surface area contributed by atoms with Gasteiger partial charge in [-0.25, -0.2) is 0 Å². The molecular weight excluding hydrogens is 240 g/mol. The summed E-state index contributed by atoms with van der Waals surface area (Å²) >= 11 is 0. The van der Waals surface area contributed by atoms with Crippen LogP contribution in [0.2, 0.25) is 0 Å². The van der Waals surface area contributed by atoms with Crippen LogP contribution in [0.3, 0.4) is 0 Å². The predicted octanol–water partition coefficient (Wildman–Crippen LogP) is 7.11. The summed E-state index contributed by atoms with van der Waals surface area (Å²) < 4.78 is 0. The summed E-state index contributed by atoms with van der Waals surface area (Å²) in [5.74, 6) is 0. The van der Waals surface area contributed by atoms with Crippen molar-refractivity contribution in [3.8, 4) is 0 Å². The number of allylic oxidation sites excluding steroid dienone is 4. The first kappa shape index (κ1) is 21.0. The van der Waals surface area contributed by atoms with E-state index in [1.165, 1.54) is 36.8 Å². The Balaban J connectivity index is 0. The lowest BCUT2D eigenvalue weighted by Crippen LogP contribution is -1.78. The first-order chi connectivity index (χ1) is 9.62. The molecule has 0 heteroatoms. The molecular formula is C20H34. The van der Waals surface area contributed by atoms with Crippen LogP contribution in [0, 0.1) is 6.92 Å². The third-order valence-electron chi connectivity index (χ3n) is 2.16. The van der Waals surface area contributed by atoms with Gasteiger partial charge in [0.25, 0.3) is 0 Å². The normalized spacial score (nSPS) is 11.6. The molecule has 20 heavy (non-hydrogen) atoms. The van der Waals surface area contributed by atoms with Gasteiger partial charge in [0, 0.05) is 0 Å². The second-order valence-electron chi connectivity index (χ2n) is 5.05. The molecule has 1 aromatic carbocycles. The molecule has 0 unspecified atom stereocenters. The molecule has 1 aliphatic rings. The van der Waals surface area contributed by atoms with Crippen LogP contribution in [0.15, 0.2) is 54.1 Å². The van der Waals surface area contributed by atoms with E-state index < -0.39 is 0 Å². The summed E-state index contributed by atoms with van der Waals surface area (Å²) in [6.07, 6.45) is 11.5. The maximum atomic E-state index is 2.20. The highest BCUT2D eigenvalue weighted by Crippen LogP contribution is 2.08. The van der Waals surface area contributed by atoms with Gasteiger partial charge in [-0.1, -0.05) is 100 Å². The van der Waals surface area contributed by atoms with Gasteiger partial charge < -0.3 is 0 Å². The van der Waals surface area contributed by atoms with Crippen LogP contribution < -0.4 is 0 Å². The molecule has 0 aromatic heterocycles. The lowest BCUT2D eigenvalue weighted by Gasteiger charge is -1.98. The molecule has 0 radical (unpaired) electrons. The Bertz CT molecular complexity index is 328. The second-order valence-corrected chi connectivity index (χ2v) is 5.05. The minimum absolute atomic E-state index is 1.24. The smallest absolute Gasteiger partial charge is 0.0285 e. The number of benzene rings is 1. The molecule has 0 nitrogen and oxygen atoms in total. The van der Waals surface area contributed by atoms with Crippen LogP contribution in [0.1, 0.15) is 65.9 Å². The zero-order valence-corrected chi connectivity index (χ0v) is 14.4. The van der Waals surface area contributed by atoms with Crippen LogP contribution >= 0.6 is 0 Å². The van der Waals surface area contributed by atoms with E-state index >= 15 is 0 Å². The van der Waals surface area contributed by atoms with Gasteiger partial charge in [0.2, 0.25) is 0 Å². The van der Waals surface area contributed by atoms with E-state index in [0.29, 0.717) is 0 Å². The van der Waals surface area contributed by atoms with Gasteiger partial charge in [0.1, 0.15) is 0 Å². The minimum atomic E-state index is 1.24. The van der Waals surface area contributed by atoms with Crippen molar-refractivity contribution in [3.05, 3.63) is 59.7 Å². The molecule has 0 spiro atoms. The maximum Gasteiger partial charge on any atom is -0.0285 e. The van der Waals surface area contributed by atoms with Crippen molar-refractivity contribution >= 4 is 0 Å². The Labute approximate surface area is 127 Å². The van der Waals surface area contributed by atoms with Crippen molar-refractivity contribution in [1.82, 2.24) is 0 Å². The van der Waals surface area contributed by atoms with Gasteiger partial charge in [0.15, 0.2) is 0 Å². The fourth-order valence-corrected chi connectivity index (χ4v) is 1.26. The van der Waals surface area contributed by atoms with E-state index in [-0.39, 0.29) is 0 Å². The maximum absolute atomic E-state index is 2.20. The van der Waals surface area contributed by atoms with Crippen molar-refractivity contribution in [2.45, 2.75) is 67.2 Å². The highest BCUT2D eigenvalue weighted by atomic mass is 13.9. The van der Waals surface area contributed by atoms with Gasteiger partial charge in [-0.2, -0.15) is 0 Å². The Kier molecular flexibility index (Phi) is 18.6. The molecule has 2 rings (SSSR count). The molecule has 0 saturated carbocycles. The van der Waals surface area contributed by atoms with Gasteiger partial charge in [-0.3, -0.25) is 0 Å². The van der Waals surface area contributed by atoms with Crippen LogP contribution in [0.5, 0.6) is 0 Å². The molecule has 1 aliphatic carbocycles. The fourth-order valence-electron chi connectivity index (χ4n) is 1.26. The topological polar surface area (TPSA) is 0 Å². The molecule has 0 atom stereocenters. The fraction of sp³-hybridized carbons (Fsp3) is 0.500. The SMILES string of the molecule is CC1=CC=CCC1.CCC.CCC.Cc1ccccc1. The molecule has 0 saturated heterocycles. The van der Waals surface area contributed by atoms with Crippen molar-refractivity contribution in [1.29, 1.82) is 0 Å². The summed E-state index contributed by atoms with van der Waals surface area (Å²) in [5.41, 5.74) is 2.82. The zero-order chi connectivity index (χ0) is 15.6. The van der Waals surface area contributed by atoms with Crippen LogP contribution in [0.25, 0.3) is 0 Å². The largest absolute Gasteiger partial charge is 0.0842 e. The Hall–Kier alpha value is -1.30. The van der Waals surface area contributed by atoms with E-state index in [1.54, 1.807) is 0 Å². The molecule has 0 aliphatic heterocycles. The van der Waals surface area contributed by atoms with Crippen molar-refractivity contribution in [2.75, 3.05) is 0 Å². The van der Waals surface area contributed by atoms with Crippen molar-refractivity contribution < 1.29 is 0 Å². The van der Waals surface area contributed by atoms with E-state index in [1.807, 2.05) is 18.2 Å². The number of hydrogen-bond donors (Lipinski definition) is 0. The predicted molar refractivity (Wildman–Crippen MR) is 95.2 cm³/mol. The van der Waals surface area contributed by atoms with Gasteiger partial charge in [-0.15, -0.1) is 0 Å². The number of hydrogen-bond acceptors (Lipinski definition) is 0. The summed E-state index contributed by atoms with van der Waals surface area (Å²) in [6.45, 7) is 12.8. The minimum Gasteiger partial charge on any atom is -0.0842 e. The van der Waals surface area contributed by atoms with Gasteiger partial charge in [-0.05, 0) is 26.7 Å². The van der Waals surface area contributed by atoms with Crippen molar-refractivity contribution in [2.24, 2.45) is 0 Å². The van der Waals surface area contributed by atoms with Gasteiger partial charge in [0.05, 0.1) is 0 Å². The summed E-state index contributed by atoms with van der Waals surface area (Å²) in [4.78, 5) is 0. The molecule has 0 heterocycles. The Morgan fingerprint density at radius 1 is 0.850 bits per heavy atom. The van der Waals surface area contributed by atoms with Gasteiger partial charge >= 0.3 is 0 Å². The van der Waals surface area contributed by atoms with Crippen LogP contribution in [-0.4, -0.2) is 0 Å². The Morgan fingerprint density at radius 3 is 1.55 bits per heavy atom. The van der Waals surface area contributed by atoms with E-state index in [0.717, 1.165) is 0 Å². The summed E-state index contributed by atoms with van der Waals surface area (Å²) in [5, 5.41) is 0. The average Bonchev–Trinajstić information content (AvgIpc) is 2.43. The lowest BCUT2D eigenvalue weighted by atomic mass is 10.1. The highest BCUT2D eigenvalue weighted by molar-refractivity contribution is 5.15. The van der Waals surface area contributed by atoms with Crippen LogP contribution in [-0.2, 0) is 0 Å². The lowest BCUT2D eigenvalue weighted by molar-refractivity contribution is 0.962. The third kappa shape index (κ3) is 19.0. The molecule has 0 N–H and O–H groups in total. The molecule has 0 bridgehead atoms. The van der Waals surface area contributed by atoms with E-state index in [4.69, 9.17) is 0 Å². The van der Waals surface area contributed by atoms with Crippen molar-refractivity contribution in [3.63, 3.8) is 0 Å². The first-order valence-electron chi connectivity index (χ1n) is 7.96. The zero-order valence-electron chi connectivity index (χ0n) is 14.4. The summed E-state index contributed by atoms with van der Waals surface area (Å²) in [7, 11) is 0. The van der Waals surface area contributed by atoms with Crippen LogP contribution in [0.4, 0.5) is 0 Å². The molecule has 0 fully saturated rings. The number of aryl methyl sites for hydroxylation is 1. The second kappa shape index (κ2) is 17.7. The number of rotatable bonds is 0. The highest BCUT2D eigenvalue weighted by Gasteiger charge is 1.88. The molecule has 0 amide bonds. The summed E-state index contributed by atoms with van der Waals surface area (Å²) in [6, 6.07) is 10.3.